The largest absolute Gasteiger partial charge is 0.481 e. The van der Waals surface area contributed by atoms with Crippen LogP contribution in [0.3, 0.4) is 0 Å². The second kappa shape index (κ2) is 6.43. The zero-order valence-corrected chi connectivity index (χ0v) is 12.0. The van der Waals surface area contributed by atoms with Crippen molar-refractivity contribution >= 4 is 5.91 Å². The van der Waals surface area contributed by atoms with Gasteiger partial charge in [-0.3, -0.25) is 4.79 Å². The maximum absolute atomic E-state index is 12.1. The second-order valence-electron chi connectivity index (χ2n) is 4.47. The Balaban J connectivity index is 2.78. The molecule has 0 bridgehead atoms. The number of nitrogens with zero attached hydrogens (tertiary/aromatic N) is 1. The number of ether oxygens (including phenoxy) is 1. The lowest BCUT2D eigenvalue weighted by Crippen LogP contribution is -2.40. The summed E-state index contributed by atoms with van der Waals surface area (Å²) in [5.41, 5.74) is 2.27. The first-order valence-corrected chi connectivity index (χ1v) is 6.52. The molecule has 0 aliphatic rings. The van der Waals surface area contributed by atoms with Crippen LogP contribution in [0.4, 0.5) is 0 Å². The van der Waals surface area contributed by atoms with Crippen molar-refractivity contribution in [1.29, 1.82) is 0 Å². The molecule has 1 aromatic carbocycles. The molecule has 1 aromatic rings. The summed E-state index contributed by atoms with van der Waals surface area (Å²) in [6.07, 6.45) is -0.439. The number of likely N-dealkylation sites (N-methyl/N-ethyl adjacent to an activating group) is 1. The predicted octanol–water partition coefficient (Wildman–Crippen LogP) is 2.94. The van der Waals surface area contributed by atoms with Gasteiger partial charge in [-0.15, -0.1) is 0 Å². The Morgan fingerprint density at radius 3 is 2.44 bits per heavy atom. The van der Waals surface area contributed by atoms with Crippen molar-refractivity contribution < 1.29 is 9.53 Å². The zero-order valence-electron chi connectivity index (χ0n) is 12.0. The molecule has 18 heavy (non-hydrogen) atoms. The number of carbonyl (C=O) groups excluding carboxylic acids is 1. The van der Waals surface area contributed by atoms with Crippen LogP contribution in [0, 0.1) is 13.8 Å². The van der Waals surface area contributed by atoms with E-state index in [-0.39, 0.29) is 5.91 Å². The molecule has 1 atom stereocenters. The number of carbonyl (C=O) groups is 1. The van der Waals surface area contributed by atoms with Gasteiger partial charge < -0.3 is 9.64 Å². The van der Waals surface area contributed by atoms with Crippen LogP contribution in [0.5, 0.6) is 5.75 Å². The van der Waals surface area contributed by atoms with E-state index in [9.17, 15) is 4.79 Å². The van der Waals surface area contributed by atoms with Crippen LogP contribution in [0.2, 0.25) is 0 Å². The molecule has 0 aromatic heterocycles. The Morgan fingerprint density at radius 2 is 1.89 bits per heavy atom. The van der Waals surface area contributed by atoms with E-state index in [1.165, 1.54) is 5.56 Å². The van der Waals surface area contributed by atoms with Crippen molar-refractivity contribution in [3.63, 3.8) is 0 Å². The van der Waals surface area contributed by atoms with Crippen LogP contribution in [0.15, 0.2) is 18.2 Å². The van der Waals surface area contributed by atoms with Gasteiger partial charge in [0.1, 0.15) is 5.75 Å². The van der Waals surface area contributed by atoms with E-state index in [0.717, 1.165) is 24.4 Å². The van der Waals surface area contributed by atoms with Crippen LogP contribution in [0.1, 0.15) is 31.9 Å². The minimum Gasteiger partial charge on any atom is -0.481 e. The molecule has 0 spiro atoms. The number of amides is 1. The third-order valence-corrected chi connectivity index (χ3v) is 3.28. The minimum absolute atomic E-state index is 0.0425. The predicted molar refractivity (Wildman–Crippen MR) is 73.9 cm³/mol. The molecule has 3 heteroatoms. The van der Waals surface area contributed by atoms with Gasteiger partial charge in [0.15, 0.2) is 6.10 Å². The van der Waals surface area contributed by atoms with E-state index in [1.54, 1.807) is 4.90 Å². The Bertz CT molecular complexity index is 411. The van der Waals surface area contributed by atoms with Gasteiger partial charge in [0.05, 0.1) is 0 Å². The SMILES string of the molecule is CCN(CC)C(=O)[C@H](C)Oc1cccc(C)c1C. The average molecular weight is 249 g/mol. The topological polar surface area (TPSA) is 29.5 Å². The van der Waals surface area contributed by atoms with E-state index in [4.69, 9.17) is 4.74 Å². The third kappa shape index (κ3) is 3.25. The molecular weight excluding hydrogens is 226 g/mol. The Kier molecular flexibility index (Phi) is 5.20. The van der Waals surface area contributed by atoms with Crippen molar-refractivity contribution in [3.05, 3.63) is 29.3 Å². The van der Waals surface area contributed by atoms with Crippen molar-refractivity contribution in [2.75, 3.05) is 13.1 Å². The van der Waals surface area contributed by atoms with Crippen molar-refractivity contribution in [2.45, 2.75) is 40.7 Å². The van der Waals surface area contributed by atoms with E-state index in [0.29, 0.717) is 0 Å². The fourth-order valence-electron chi connectivity index (χ4n) is 1.89. The minimum atomic E-state index is -0.439. The number of hydrogen-bond acceptors (Lipinski definition) is 2. The maximum atomic E-state index is 12.1. The molecule has 0 saturated heterocycles. The van der Waals surface area contributed by atoms with E-state index < -0.39 is 6.10 Å². The maximum Gasteiger partial charge on any atom is 0.263 e. The summed E-state index contributed by atoms with van der Waals surface area (Å²) >= 11 is 0. The van der Waals surface area contributed by atoms with Crippen LogP contribution in [0.25, 0.3) is 0 Å². The number of hydrogen-bond donors (Lipinski definition) is 0. The summed E-state index contributed by atoms with van der Waals surface area (Å²) in [4.78, 5) is 13.9. The van der Waals surface area contributed by atoms with E-state index in [2.05, 4.69) is 0 Å². The average Bonchev–Trinajstić information content (AvgIpc) is 2.36. The molecule has 0 saturated carbocycles. The van der Waals surface area contributed by atoms with Gasteiger partial charge in [0, 0.05) is 13.1 Å². The molecule has 0 heterocycles. The highest BCUT2D eigenvalue weighted by Gasteiger charge is 2.20. The van der Waals surface area contributed by atoms with Gasteiger partial charge in [-0.25, -0.2) is 0 Å². The Hall–Kier alpha value is -1.51. The molecular formula is C15H23NO2. The van der Waals surface area contributed by atoms with E-state index in [1.807, 2.05) is 52.8 Å². The van der Waals surface area contributed by atoms with Gasteiger partial charge in [0.25, 0.3) is 5.91 Å². The van der Waals surface area contributed by atoms with Gasteiger partial charge in [-0.2, -0.15) is 0 Å². The van der Waals surface area contributed by atoms with Crippen LogP contribution in [-0.4, -0.2) is 30.0 Å². The standard InChI is InChI=1S/C15H23NO2/c1-6-16(7-2)15(17)13(5)18-14-10-8-9-11(3)12(14)4/h8-10,13H,6-7H2,1-5H3/t13-/m0/s1. The molecule has 1 amide bonds. The lowest BCUT2D eigenvalue weighted by Gasteiger charge is -2.24. The lowest BCUT2D eigenvalue weighted by molar-refractivity contribution is -0.137. The summed E-state index contributed by atoms with van der Waals surface area (Å²) in [7, 11) is 0. The highest BCUT2D eigenvalue weighted by molar-refractivity contribution is 5.80. The van der Waals surface area contributed by atoms with Crippen molar-refractivity contribution in [2.24, 2.45) is 0 Å². The van der Waals surface area contributed by atoms with Gasteiger partial charge in [0.2, 0.25) is 0 Å². The van der Waals surface area contributed by atoms with Crippen LogP contribution < -0.4 is 4.74 Å². The first-order chi connectivity index (χ1) is 8.51. The van der Waals surface area contributed by atoms with Gasteiger partial charge in [-0.05, 0) is 51.8 Å². The van der Waals surface area contributed by atoms with Gasteiger partial charge >= 0.3 is 0 Å². The number of rotatable bonds is 5. The monoisotopic (exact) mass is 249 g/mol. The van der Waals surface area contributed by atoms with Crippen LogP contribution >= 0.6 is 0 Å². The fraction of sp³-hybridized carbons (Fsp3) is 0.533. The third-order valence-electron chi connectivity index (χ3n) is 3.28. The molecule has 0 radical (unpaired) electrons. The molecule has 0 unspecified atom stereocenters. The zero-order chi connectivity index (χ0) is 13.7. The van der Waals surface area contributed by atoms with E-state index >= 15 is 0 Å². The highest BCUT2D eigenvalue weighted by atomic mass is 16.5. The molecule has 100 valence electrons. The summed E-state index contributed by atoms with van der Waals surface area (Å²) in [5.74, 6) is 0.837. The van der Waals surface area contributed by atoms with Crippen molar-refractivity contribution in [3.8, 4) is 5.75 Å². The normalized spacial score (nSPS) is 12.1. The molecule has 0 aliphatic heterocycles. The summed E-state index contributed by atoms with van der Waals surface area (Å²) < 4.78 is 5.78. The summed E-state index contributed by atoms with van der Waals surface area (Å²) in [5, 5.41) is 0. The Morgan fingerprint density at radius 1 is 1.28 bits per heavy atom. The second-order valence-corrected chi connectivity index (χ2v) is 4.47. The van der Waals surface area contributed by atoms with Crippen molar-refractivity contribution in [1.82, 2.24) is 4.90 Å². The van der Waals surface area contributed by atoms with Crippen LogP contribution in [-0.2, 0) is 4.79 Å². The van der Waals surface area contributed by atoms with Gasteiger partial charge in [-0.1, -0.05) is 12.1 Å². The smallest absolute Gasteiger partial charge is 0.263 e. The first-order valence-electron chi connectivity index (χ1n) is 6.52. The summed E-state index contributed by atoms with van der Waals surface area (Å²) in [6, 6.07) is 5.90. The molecule has 1 rings (SSSR count). The number of benzene rings is 1. The first kappa shape index (κ1) is 14.6. The fourth-order valence-corrected chi connectivity index (χ4v) is 1.89. The molecule has 0 N–H and O–H groups in total. The molecule has 3 nitrogen and oxygen atoms in total. The molecule has 0 fully saturated rings. The highest BCUT2D eigenvalue weighted by Crippen LogP contribution is 2.22. The Labute approximate surface area is 110 Å². The number of aryl methyl sites for hydroxylation is 1. The summed E-state index contributed by atoms with van der Waals surface area (Å²) in [6.45, 7) is 11.3. The molecule has 0 aliphatic carbocycles. The quantitative estimate of drug-likeness (QED) is 0.803. The lowest BCUT2D eigenvalue weighted by atomic mass is 10.1.